The standard InChI is InChI=1S/C13H14N4O/c1-8-6-9(2)15-13-11(8)12(16-17-13)14-7-10-4-3-5-18-10/h3-6H,7H2,1-2H3,(H2,14,15,16,17). The van der Waals surface area contributed by atoms with E-state index in [1.807, 2.05) is 19.1 Å². The zero-order chi connectivity index (χ0) is 12.5. The molecule has 0 aliphatic rings. The number of hydrogen-bond donors (Lipinski definition) is 2. The monoisotopic (exact) mass is 242 g/mol. The molecule has 5 heteroatoms. The molecule has 0 amide bonds. The Morgan fingerprint density at radius 2 is 2.28 bits per heavy atom. The highest BCUT2D eigenvalue weighted by atomic mass is 16.3. The fraction of sp³-hybridized carbons (Fsp3) is 0.231. The molecule has 3 rings (SSSR count). The molecular weight excluding hydrogens is 228 g/mol. The van der Waals surface area contributed by atoms with E-state index in [0.717, 1.165) is 33.9 Å². The summed E-state index contributed by atoms with van der Waals surface area (Å²) < 4.78 is 5.28. The number of fused-ring (bicyclic) bond motifs is 1. The fourth-order valence-electron chi connectivity index (χ4n) is 2.09. The van der Waals surface area contributed by atoms with Gasteiger partial charge in [-0.1, -0.05) is 0 Å². The minimum Gasteiger partial charge on any atom is -0.467 e. The van der Waals surface area contributed by atoms with Crippen molar-refractivity contribution in [3.8, 4) is 0 Å². The number of aromatic amines is 1. The van der Waals surface area contributed by atoms with E-state index in [9.17, 15) is 0 Å². The van der Waals surface area contributed by atoms with Gasteiger partial charge < -0.3 is 9.73 Å². The molecule has 0 spiro atoms. The summed E-state index contributed by atoms with van der Waals surface area (Å²) in [6, 6.07) is 5.85. The van der Waals surface area contributed by atoms with Gasteiger partial charge >= 0.3 is 0 Å². The lowest BCUT2D eigenvalue weighted by atomic mass is 10.2. The molecule has 18 heavy (non-hydrogen) atoms. The highest BCUT2D eigenvalue weighted by Gasteiger charge is 2.10. The van der Waals surface area contributed by atoms with Crippen LogP contribution in [-0.2, 0) is 6.54 Å². The van der Waals surface area contributed by atoms with Gasteiger partial charge in [-0.15, -0.1) is 0 Å². The van der Waals surface area contributed by atoms with Crippen LogP contribution in [0.5, 0.6) is 0 Å². The summed E-state index contributed by atoms with van der Waals surface area (Å²) in [5.41, 5.74) is 2.96. The lowest BCUT2D eigenvalue weighted by Gasteiger charge is -2.03. The summed E-state index contributed by atoms with van der Waals surface area (Å²) >= 11 is 0. The van der Waals surface area contributed by atoms with Crippen molar-refractivity contribution in [1.29, 1.82) is 0 Å². The van der Waals surface area contributed by atoms with Crippen molar-refractivity contribution < 1.29 is 4.42 Å². The number of aryl methyl sites for hydroxylation is 2. The lowest BCUT2D eigenvalue weighted by Crippen LogP contribution is -1.99. The van der Waals surface area contributed by atoms with E-state index in [0.29, 0.717) is 6.54 Å². The predicted molar refractivity (Wildman–Crippen MR) is 69.4 cm³/mol. The molecule has 0 aliphatic carbocycles. The smallest absolute Gasteiger partial charge is 0.158 e. The van der Waals surface area contributed by atoms with Crippen molar-refractivity contribution in [2.75, 3.05) is 5.32 Å². The van der Waals surface area contributed by atoms with Crippen LogP contribution in [0.15, 0.2) is 28.9 Å². The van der Waals surface area contributed by atoms with Crippen LogP contribution in [-0.4, -0.2) is 15.2 Å². The molecule has 0 bridgehead atoms. The SMILES string of the molecule is Cc1cc(C)c2c(NCc3ccco3)n[nH]c2n1. The Morgan fingerprint density at radius 3 is 3.06 bits per heavy atom. The third-order valence-electron chi connectivity index (χ3n) is 2.87. The third-order valence-corrected chi connectivity index (χ3v) is 2.87. The van der Waals surface area contributed by atoms with E-state index in [-0.39, 0.29) is 0 Å². The molecule has 0 atom stereocenters. The van der Waals surface area contributed by atoms with Gasteiger partial charge in [0.15, 0.2) is 11.5 Å². The molecule has 0 aliphatic heterocycles. The van der Waals surface area contributed by atoms with Crippen LogP contribution in [0.1, 0.15) is 17.0 Å². The number of rotatable bonds is 3. The third kappa shape index (κ3) is 1.84. The van der Waals surface area contributed by atoms with Crippen molar-refractivity contribution in [3.63, 3.8) is 0 Å². The zero-order valence-corrected chi connectivity index (χ0v) is 10.3. The highest BCUT2D eigenvalue weighted by Crippen LogP contribution is 2.23. The molecule has 0 radical (unpaired) electrons. The molecule has 0 saturated heterocycles. The number of aromatic nitrogens is 3. The highest BCUT2D eigenvalue weighted by molar-refractivity contribution is 5.90. The Labute approximate surface area is 104 Å². The number of nitrogens with one attached hydrogen (secondary N) is 2. The van der Waals surface area contributed by atoms with Crippen LogP contribution in [0.4, 0.5) is 5.82 Å². The van der Waals surface area contributed by atoms with Crippen LogP contribution in [0.3, 0.4) is 0 Å². The van der Waals surface area contributed by atoms with Gasteiger partial charge in [0.25, 0.3) is 0 Å². The van der Waals surface area contributed by atoms with Crippen LogP contribution >= 0.6 is 0 Å². The van der Waals surface area contributed by atoms with Gasteiger partial charge in [-0.3, -0.25) is 5.10 Å². The first-order valence-electron chi connectivity index (χ1n) is 5.82. The minimum absolute atomic E-state index is 0.611. The zero-order valence-electron chi connectivity index (χ0n) is 10.3. The van der Waals surface area contributed by atoms with Crippen molar-refractivity contribution in [2.45, 2.75) is 20.4 Å². The molecule has 2 N–H and O–H groups in total. The second-order valence-corrected chi connectivity index (χ2v) is 4.31. The average Bonchev–Trinajstić information content (AvgIpc) is 2.94. The Morgan fingerprint density at radius 1 is 1.39 bits per heavy atom. The summed E-state index contributed by atoms with van der Waals surface area (Å²) in [4.78, 5) is 4.42. The maximum absolute atomic E-state index is 5.28. The summed E-state index contributed by atoms with van der Waals surface area (Å²) in [5.74, 6) is 1.69. The minimum atomic E-state index is 0.611. The molecule has 0 fully saturated rings. The Balaban J connectivity index is 1.93. The Hall–Kier alpha value is -2.30. The number of H-pyrrole nitrogens is 1. The number of anilines is 1. The summed E-state index contributed by atoms with van der Waals surface area (Å²) in [6.07, 6.45) is 1.66. The number of hydrogen-bond acceptors (Lipinski definition) is 4. The summed E-state index contributed by atoms with van der Waals surface area (Å²) in [7, 11) is 0. The summed E-state index contributed by atoms with van der Waals surface area (Å²) in [6.45, 7) is 4.65. The van der Waals surface area contributed by atoms with Gasteiger partial charge in [0, 0.05) is 5.69 Å². The number of furan rings is 1. The molecule has 0 unspecified atom stereocenters. The van der Waals surface area contributed by atoms with Crippen LogP contribution < -0.4 is 5.32 Å². The van der Waals surface area contributed by atoms with E-state index in [1.54, 1.807) is 6.26 Å². The average molecular weight is 242 g/mol. The van der Waals surface area contributed by atoms with Crippen LogP contribution in [0.25, 0.3) is 11.0 Å². The summed E-state index contributed by atoms with van der Waals surface area (Å²) in [5, 5.41) is 11.5. The quantitative estimate of drug-likeness (QED) is 0.741. The van der Waals surface area contributed by atoms with Crippen molar-refractivity contribution >= 4 is 16.9 Å². The van der Waals surface area contributed by atoms with E-state index < -0.39 is 0 Å². The van der Waals surface area contributed by atoms with Gasteiger partial charge in [0.05, 0.1) is 18.2 Å². The first-order chi connectivity index (χ1) is 8.74. The molecule has 0 saturated carbocycles. The topological polar surface area (TPSA) is 66.7 Å². The molecule has 5 nitrogen and oxygen atoms in total. The van der Waals surface area contributed by atoms with Crippen molar-refractivity contribution in [3.05, 3.63) is 41.5 Å². The lowest BCUT2D eigenvalue weighted by molar-refractivity contribution is 0.518. The van der Waals surface area contributed by atoms with Gasteiger partial charge in [-0.2, -0.15) is 5.10 Å². The number of pyridine rings is 1. The maximum Gasteiger partial charge on any atom is 0.158 e. The van der Waals surface area contributed by atoms with E-state index in [2.05, 4.69) is 33.5 Å². The van der Waals surface area contributed by atoms with Crippen molar-refractivity contribution in [1.82, 2.24) is 15.2 Å². The maximum atomic E-state index is 5.28. The Kier molecular flexibility index (Phi) is 2.51. The van der Waals surface area contributed by atoms with Crippen LogP contribution in [0, 0.1) is 13.8 Å². The second kappa shape index (κ2) is 4.18. The van der Waals surface area contributed by atoms with E-state index in [4.69, 9.17) is 4.42 Å². The largest absolute Gasteiger partial charge is 0.467 e. The molecular formula is C13H14N4O. The molecule has 3 aromatic rings. The first-order valence-corrected chi connectivity index (χ1v) is 5.82. The molecule has 92 valence electrons. The van der Waals surface area contributed by atoms with Crippen LogP contribution in [0.2, 0.25) is 0 Å². The second-order valence-electron chi connectivity index (χ2n) is 4.31. The van der Waals surface area contributed by atoms with Gasteiger partial charge in [0.1, 0.15) is 5.76 Å². The fourth-order valence-corrected chi connectivity index (χ4v) is 2.09. The normalized spacial score (nSPS) is 11.0. The van der Waals surface area contributed by atoms with E-state index >= 15 is 0 Å². The van der Waals surface area contributed by atoms with Gasteiger partial charge in [0.2, 0.25) is 0 Å². The molecule has 0 aromatic carbocycles. The van der Waals surface area contributed by atoms with E-state index in [1.165, 1.54) is 0 Å². The van der Waals surface area contributed by atoms with Gasteiger partial charge in [-0.05, 0) is 37.6 Å². The molecule has 3 heterocycles. The van der Waals surface area contributed by atoms with Crippen molar-refractivity contribution in [2.24, 2.45) is 0 Å². The molecule has 3 aromatic heterocycles. The van der Waals surface area contributed by atoms with Gasteiger partial charge in [-0.25, -0.2) is 4.98 Å². The number of nitrogens with zero attached hydrogens (tertiary/aromatic N) is 2. The Bertz CT molecular complexity index is 670. The first kappa shape index (κ1) is 10.8. The predicted octanol–water partition coefficient (Wildman–Crippen LogP) is 2.78.